The molecule has 0 bridgehead atoms. The van der Waals surface area contributed by atoms with E-state index in [2.05, 4.69) is 21.2 Å². The van der Waals surface area contributed by atoms with Crippen molar-refractivity contribution >= 4 is 27.5 Å². The Hall–Kier alpha value is -0.900. The Balaban J connectivity index is 2.12. The summed E-state index contributed by atoms with van der Waals surface area (Å²) >= 11 is 3.26. The van der Waals surface area contributed by atoms with Gasteiger partial charge in [0.05, 0.1) is 11.1 Å². The summed E-state index contributed by atoms with van der Waals surface area (Å²) in [6, 6.07) is 3.27. The van der Waals surface area contributed by atoms with Crippen LogP contribution in [0.2, 0.25) is 0 Å². The Kier molecular flexibility index (Phi) is 1.75. The van der Waals surface area contributed by atoms with E-state index in [0.29, 0.717) is 12.1 Å². The molecule has 1 heterocycles. The molecule has 0 atom stereocenters. The second-order valence-corrected chi connectivity index (χ2v) is 5.25. The van der Waals surface area contributed by atoms with Gasteiger partial charge in [0.1, 0.15) is 5.82 Å². The summed E-state index contributed by atoms with van der Waals surface area (Å²) in [7, 11) is 0. The zero-order valence-corrected chi connectivity index (χ0v) is 9.53. The van der Waals surface area contributed by atoms with Crippen molar-refractivity contribution in [3.05, 3.63) is 28.0 Å². The summed E-state index contributed by atoms with van der Waals surface area (Å²) in [5.74, 6) is -0.376. The lowest BCUT2D eigenvalue weighted by molar-refractivity contribution is -0.121. The van der Waals surface area contributed by atoms with Gasteiger partial charge in [0, 0.05) is 4.47 Å². The summed E-state index contributed by atoms with van der Waals surface area (Å²) in [5, 5.41) is 2.67. The minimum Gasteiger partial charge on any atom is -0.323 e. The fraction of sp³-hybridized carbons (Fsp3) is 0.364. The number of rotatable bonds is 0. The van der Waals surface area contributed by atoms with Crippen LogP contribution in [0.1, 0.15) is 18.4 Å². The first-order chi connectivity index (χ1) is 7.11. The maximum atomic E-state index is 13.5. The van der Waals surface area contributed by atoms with Gasteiger partial charge >= 0.3 is 0 Å². The molecule has 15 heavy (non-hydrogen) atoms. The van der Waals surface area contributed by atoms with Gasteiger partial charge in [-0.2, -0.15) is 0 Å². The van der Waals surface area contributed by atoms with E-state index in [1.165, 1.54) is 6.07 Å². The highest BCUT2D eigenvalue weighted by atomic mass is 79.9. The lowest BCUT2D eigenvalue weighted by Crippen LogP contribution is -2.31. The molecule has 1 aromatic rings. The van der Waals surface area contributed by atoms with E-state index < -0.39 is 0 Å². The van der Waals surface area contributed by atoms with Crippen LogP contribution in [0.3, 0.4) is 0 Å². The van der Waals surface area contributed by atoms with E-state index in [1.807, 2.05) is 6.07 Å². The van der Waals surface area contributed by atoms with E-state index in [0.717, 1.165) is 22.9 Å². The normalized spacial score (nSPS) is 21.1. The summed E-state index contributed by atoms with van der Waals surface area (Å²) in [6.45, 7) is 0. The largest absolute Gasteiger partial charge is 0.323 e. The van der Waals surface area contributed by atoms with Gasteiger partial charge in [-0.1, -0.05) is 15.9 Å². The molecule has 4 heteroatoms. The van der Waals surface area contributed by atoms with E-state index in [4.69, 9.17) is 0 Å². The van der Waals surface area contributed by atoms with Crippen LogP contribution in [-0.4, -0.2) is 5.91 Å². The summed E-state index contributed by atoms with van der Waals surface area (Å²) in [6.07, 6.45) is 2.52. The molecule has 1 aromatic carbocycles. The molecule has 0 aromatic heterocycles. The standard InChI is InChI=1S/C11H9BrFNO/c12-7-3-6-5-11(1-2-11)10(15)14-9(6)8(13)4-7/h3-4H,1-2,5H2,(H,14,15). The van der Waals surface area contributed by atoms with Gasteiger partial charge in [0.15, 0.2) is 0 Å². The molecule has 0 radical (unpaired) electrons. The molecule has 0 saturated heterocycles. The topological polar surface area (TPSA) is 29.1 Å². The first-order valence-electron chi connectivity index (χ1n) is 4.90. The quantitative estimate of drug-likeness (QED) is 0.771. The fourth-order valence-corrected chi connectivity index (χ4v) is 2.63. The van der Waals surface area contributed by atoms with Crippen molar-refractivity contribution in [2.24, 2.45) is 5.41 Å². The maximum absolute atomic E-state index is 13.5. The number of nitrogens with one attached hydrogen (secondary N) is 1. The first kappa shape index (κ1) is 9.33. The minimum atomic E-state index is -0.358. The van der Waals surface area contributed by atoms with Gasteiger partial charge in [-0.25, -0.2) is 4.39 Å². The van der Waals surface area contributed by atoms with Gasteiger partial charge in [-0.05, 0) is 37.0 Å². The third-order valence-corrected chi connectivity index (χ3v) is 3.70. The Labute approximate surface area is 95.0 Å². The predicted octanol–water partition coefficient (Wildman–Crippen LogP) is 2.86. The third kappa shape index (κ3) is 1.31. The molecule has 1 aliphatic carbocycles. The average molecular weight is 270 g/mol. The van der Waals surface area contributed by atoms with Crippen LogP contribution < -0.4 is 5.32 Å². The van der Waals surface area contributed by atoms with Crippen LogP contribution in [0.4, 0.5) is 10.1 Å². The molecule has 2 nitrogen and oxygen atoms in total. The van der Waals surface area contributed by atoms with Gasteiger partial charge in [0.25, 0.3) is 0 Å². The molecule has 1 spiro atoms. The van der Waals surface area contributed by atoms with Crippen molar-refractivity contribution in [2.45, 2.75) is 19.3 Å². The highest BCUT2D eigenvalue weighted by Crippen LogP contribution is 2.52. The van der Waals surface area contributed by atoms with Crippen molar-refractivity contribution in [1.29, 1.82) is 0 Å². The Morgan fingerprint density at radius 1 is 1.40 bits per heavy atom. The number of anilines is 1. The van der Waals surface area contributed by atoms with Crippen LogP contribution in [0.15, 0.2) is 16.6 Å². The van der Waals surface area contributed by atoms with Crippen LogP contribution in [-0.2, 0) is 11.2 Å². The van der Waals surface area contributed by atoms with Crippen molar-refractivity contribution in [1.82, 2.24) is 0 Å². The Bertz CT molecular complexity index is 468. The SMILES string of the molecule is O=C1Nc2c(F)cc(Br)cc2CC12CC2. The highest BCUT2D eigenvalue weighted by Gasteiger charge is 2.52. The minimum absolute atomic E-state index is 0.0174. The molecule has 78 valence electrons. The second-order valence-electron chi connectivity index (χ2n) is 4.33. The molecule has 1 saturated carbocycles. The zero-order valence-electron chi connectivity index (χ0n) is 7.94. The van der Waals surface area contributed by atoms with Crippen LogP contribution in [0.5, 0.6) is 0 Å². The van der Waals surface area contributed by atoms with Crippen LogP contribution in [0, 0.1) is 11.2 Å². The molecule has 1 N–H and O–H groups in total. The number of amides is 1. The molecule has 2 aliphatic rings. The smallest absolute Gasteiger partial charge is 0.231 e. The molecular weight excluding hydrogens is 261 g/mol. The van der Waals surface area contributed by atoms with E-state index in [1.54, 1.807) is 0 Å². The Morgan fingerprint density at radius 2 is 2.13 bits per heavy atom. The van der Waals surface area contributed by atoms with E-state index >= 15 is 0 Å². The van der Waals surface area contributed by atoms with Gasteiger partial charge in [-0.3, -0.25) is 4.79 Å². The van der Waals surface area contributed by atoms with Crippen molar-refractivity contribution in [3.63, 3.8) is 0 Å². The summed E-state index contributed by atoms with van der Waals surface area (Å²) in [5.41, 5.74) is 1.04. The van der Waals surface area contributed by atoms with Gasteiger partial charge in [-0.15, -0.1) is 0 Å². The van der Waals surface area contributed by atoms with Crippen LogP contribution in [0.25, 0.3) is 0 Å². The monoisotopic (exact) mass is 269 g/mol. The number of benzene rings is 1. The number of halogens is 2. The molecule has 0 unspecified atom stereocenters. The fourth-order valence-electron chi connectivity index (χ4n) is 2.15. The number of hydrogen-bond acceptors (Lipinski definition) is 1. The van der Waals surface area contributed by atoms with Gasteiger partial charge in [0.2, 0.25) is 5.91 Å². The molecule has 1 fully saturated rings. The predicted molar refractivity (Wildman–Crippen MR) is 58.1 cm³/mol. The zero-order chi connectivity index (χ0) is 10.6. The van der Waals surface area contributed by atoms with Crippen LogP contribution >= 0.6 is 15.9 Å². The first-order valence-corrected chi connectivity index (χ1v) is 5.69. The number of carbonyl (C=O) groups excluding carboxylic acids is 1. The number of hydrogen-bond donors (Lipinski definition) is 1. The summed E-state index contributed by atoms with van der Waals surface area (Å²) in [4.78, 5) is 11.7. The summed E-state index contributed by atoms with van der Waals surface area (Å²) < 4.78 is 14.3. The highest BCUT2D eigenvalue weighted by molar-refractivity contribution is 9.10. The molecular formula is C11H9BrFNO. The molecule has 1 amide bonds. The van der Waals surface area contributed by atoms with E-state index in [-0.39, 0.29) is 17.1 Å². The van der Waals surface area contributed by atoms with Crippen molar-refractivity contribution in [3.8, 4) is 0 Å². The second kappa shape index (κ2) is 2.82. The average Bonchev–Trinajstić information content (AvgIpc) is 2.90. The van der Waals surface area contributed by atoms with E-state index in [9.17, 15) is 9.18 Å². The number of carbonyl (C=O) groups is 1. The lowest BCUT2D eigenvalue weighted by Gasteiger charge is -2.24. The third-order valence-electron chi connectivity index (χ3n) is 3.24. The lowest BCUT2D eigenvalue weighted by atomic mass is 9.90. The van der Waals surface area contributed by atoms with Crippen molar-refractivity contribution < 1.29 is 9.18 Å². The van der Waals surface area contributed by atoms with Crippen molar-refractivity contribution in [2.75, 3.05) is 5.32 Å². The van der Waals surface area contributed by atoms with Gasteiger partial charge < -0.3 is 5.32 Å². The number of fused-ring (bicyclic) bond motifs is 1. The maximum Gasteiger partial charge on any atom is 0.231 e. The molecule has 1 aliphatic heterocycles. The Morgan fingerprint density at radius 3 is 2.80 bits per heavy atom. The molecule has 3 rings (SSSR count).